The number of furan rings is 1. The van der Waals surface area contributed by atoms with Gasteiger partial charge in [-0.15, -0.1) is 0 Å². The molecule has 0 saturated heterocycles. The Balaban J connectivity index is 1.92. The number of aromatic nitrogens is 1. The molecule has 0 fully saturated rings. The maximum atomic E-state index is 5.95. The van der Waals surface area contributed by atoms with Crippen molar-refractivity contribution in [2.75, 3.05) is 5.32 Å². The maximum absolute atomic E-state index is 5.95. The third-order valence-electron chi connectivity index (χ3n) is 2.74. The maximum Gasteiger partial charge on any atom is 0.122 e. The molecule has 3 rings (SSSR count). The quantitative estimate of drug-likeness (QED) is 0.769. The standard InChI is InChI=1S/C14H11ClN2O/c15-10-3-4-12-13(5-6-16-14(12)8-10)17-9-11-2-1-7-18-11/h1-8H,9H2,(H,16,17). The van der Waals surface area contributed by atoms with Gasteiger partial charge in [-0.3, -0.25) is 4.98 Å². The summed E-state index contributed by atoms with van der Waals surface area (Å²) in [4.78, 5) is 4.30. The molecule has 90 valence electrons. The summed E-state index contributed by atoms with van der Waals surface area (Å²) < 4.78 is 5.29. The van der Waals surface area contributed by atoms with Gasteiger partial charge in [-0.25, -0.2) is 0 Å². The Hall–Kier alpha value is -2.00. The molecule has 0 amide bonds. The summed E-state index contributed by atoms with van der Waals surface area (Å²) in [5.74, 6) is 0.897. The van der Waals surface area contributed by atoms with Crippen LogP contribution in [0.3, 0.4) is 0 Å². The van der Waals surface area contributed by atoms with Crippen LogP contribution in [0.5, 0.6) is 0 Å². The molecule has 1 N–H and O–H groups in total. The zero-order valence-electron chi connectivity index (χ0n) is 9.56. The van der Waals surface area contributed by atoms with Gasteiger partial charge in [0, 0.05) is 22.3 Å². The predicted octanol–water partition coefficient (Wildman–Crippen LogP) is 4.09. The molecule has 4 heteroatoms. The van der Waals surface area contributed by atoms with Gasteiger partial charge in [0.25, 0.3) is 0 Å². The van der Waals surface area contributed by atoms with Crippen molar-refractivity contribution < 1.29 is 4.42 Å². The Morgan fingerprint density at radius 2 is 2.17 bits per heavy atom. The molecule has 3 aromatic rings. The Kier molecular flexibility index (Phi) is 2.90. The van der Waals surface area contributed by atoms with Crippen molar-refractivity contribution in [3.8, 4) is 0 Å². The second-order valence-corrected chi connectivity index (χ2v) is 4.39. The molecule has 0 unspecified atom stereocenters. The topological polar surface area (TPSA) is 38.1 Å². The minimum absolute atomic E-state index is 0.648. The van der Waals surface area contributed by atoms with Gasteiger partial charge in [0.1, 0.15) is 5.76 Å². The van der Waals surface area contributed by atoms with Crippen LogP contribution in [0.25, 0.3) is 10.9 Å². The van der Waals surface area contributed by atoms with E-state index in [1.165, 1.54) is 0 Å². The summed E-state index contributed by atoms with van der Waals surface area (Å²) in [6, 6.07) is 11.4. The van der Waals surface area contributed by atoms with Crippen molar-refractivity contribution in [1.82, 2.24) is 4.98 Å². The van der Waals surface area contributed by atoms with E-state index >= 15 is 0 Å². The highest BCUT2D eigenvalue weighted by Gasteiger charge is 2.03. The zero-order chi connectivity index (χ0) is 12.4. The highest BCUT2D eigenvalue weighted by Crippen LogP contribution is 2.24. The first kappa shape index (κ1) is 11.1. The lowest BCUT2D eigenvalue weighted by Crippen LogP contribution is -1.99. The summed E-state index contributed by atoms with van der Waals surface area (Å²) in [5, 5.41) is 5.07. The van der Waals surface area contributed by atoms with Crippen LogP contribution in [0.4, 0.5) is 5.69 Å². The van der Waals surface area contributed by atoms with E-state index in [-0.39, 0.29) is 0 Å². The van der Waals surface area contributed by atoms with Gasteiger partial charge in [0.15, 0.2) is 0 Å². The van der Waals surface area contributed by atoms with Gasteiger partial charge in [0.2, 0.25) is 0 Å². The lowest BCUT2D eigenvalue weighted by atomic mass is 10.2. The number of anilines is 1. The van der Waals surface area contributed by atoms with Crippen LogP contribution in [0, 0.1) is 0 Å². The summed E-state index contributed by atoms with van der Waals surface area (Å²) in [5.41, 5.74) is 1.90. The zero-order valence-corrected chi connectivity index (χ0v) is 10.3. The third kappa shape index (κ3) is 2.17. The minimum atomic E-state index is 0.648. The van der Waals surface area contributed by atoms with E-state index < -0.39 is 0 Å². The smallest absolute Gasteiger partial charge is 0.122 e. The van der Waals surface area contributed by atoms with Crippen LogP contribution in [0.2, 0.25) is 5.02 Å². The van der Waals surface area contributed by atoms with E-state index in [0.717, 1.165) is 22.4 Å². The molecule has 0 radical (unpaired) electrons. The molecule has 2 aromatic heterocycles. The monoisotopic (exact) mass is 258 g/mol. The molecule has 0 aliphatic heterocycles. The first-order valence-corrected chi connectivity index (χ1v) is 6.01. The van der Waals surface area contributed by atoms with Crippen LogP contribution in [0.1, 0.15) is 5.76 Å². The molecule has 0 atom stereocenters. The molecule has 0 bridgehead atoms. The molecule has 0 aliphatic carbocycles. The van der Waals surface area contributed by atoms with Gasteiger partial charge in [-0.2, -0.15) is 0 Å². The fraction of sp³-hybridized carbons (Fsp3) is 0.0714. The van der Waals surface area contributed by atoms with Gasteiger partial charge in [-0.05, 0) is 36.4 Å². The Morgan fingerprint density at radius 1 is 1.22 bits per heavy atom. The molecule has 0 aliphatic rings. The van der Waals surface area contributed by atoms with Gasteiger partial charge in [0.05, 0.1) is 18.3 Å². The Bertz CT molecular complexity index is 665. The normalized spacial score (nSPS) is 10.7. The van der Waals surface area contributed by atoms with Crippen LogP contribution in [-0.4, -0.2) is 4.98 Å². The van der Waals surface area contributed by atoms with Gasteiger partial charge in [-0.1, -0.05) is 11.6 Å². The Labute approximate surface area is 109 Å². The number of pyridine rings is 1. The average molecular weight is 259 g/mol. The molecule has 1 aromatic carbocycles. The average Bonchev–Trinajstić information content (AvgIpc) is 2.89. The second-order valence-electron chi connectivity index (χ2n) is 3.95. The fourth-order valence-electron chi connectivity index (χ4n) is 1.87. The molecule has 0 spiro atoms. The predicted molar refractivity (Wildman–Crippen MR) is 72.8 cm³/mol. The van der Waals surface area contributed by atoms with E-state index in [1.54, 1.807) is 12.5 Å². The highest BCUT2D eigenvalue weighted by molar-refractivity contribution is 6.31. The lowest BCUT2D eigenvalue weighted by Gasteiger charge is -2.08. The van der Waals surface area contributed by atoms with Crippen LogP contribution in [-0.2, 0) is 6.54 Å². The van der Waals surface area contributed by atoms with Crippen LogP contribution in [0.15, 0.2) is 53.3 Å². The van der Waals surface area contributed by atoms with E-state index in [2.05, 4.69) is 10.3 Å². The number of rotatable bonds is 3. The van der Waals surface area contributed by atoms with E-state index in [4.69, 9.17) is 16.0 Å². The van der Waals surface area contributed by atoms with Crippen molar-refractivity contribution in [1.29, 1.82) is 0 Å². The molecule has 2 heterocycles. The minimum Gasteiger partial charge on any atom is -0.467 e. The molecule has 0 saturated carbocycles. The van der Waals surface area contributed by atoms with E-state index in [1.807, 2.05) is 36.4 Å². The number of hydrogen-bond donors (Lipinski definition) is 1. The number of fused-ring (bicyclic) bond motifs is 1. The van der Waals surface area contributed by atoms with Crippen molar-refractivity contribution in [3.05, 3.63) is 59.6 Å². The number of nitrogens with zero attached hydrogens (tertiary/aromatic N) is 1. The number of halogens is 1. The number of benzene rings is 1. The van der Waals surface area contributed by atoms with Crippen LogP contribution < -0.4 is 5.32 Å². The molecular formula is C14H11ClN2O. The third-order valence-corrected chi connectivity index (χ3v) is 2.97. The van der Waals surface area contributed by atoms with Crippen LogP contribution >= 0.6 is 11.6 Å². The second kappa shape index (κ2) is 4.70. The Morgan fingerprint density at radius 3 is 3.00 bits per heavy atom. The highest BCUT2D eigenvalue weighted by atomic mass is 35.5. The first-order valence-electron chi connectivity index (χ1n) is 5.63. The SMILES string of the molecule is Clc1ccc2c(NCc3ccco3)ccnc2c1. The summed E-state index contributed by atoms with van der Waals surface area (Å²) in [7, 11) is 0. The number of nitrogens with one attached hydrogen (secondary N) is 1. The largest absolute Gasteiger partial charge is 0.467 e. The number of hydrogen-bond acceptors (Lipinski definition) is 3. The molecule has 3 nitrogen and oxygen atoms in total. The van der Waals surface area contributed by atoms with Crippen molar-refractivity contribution in [2.45, 2.75) is 6.54 Å². The molecule has 18 heavy (non-hydrogen) atoms. The van der Waals surface area contributed by atoms with Gasteiger partial charge < -0.3 is 9.73 Å². The van der Waals surface area contributed by atoms with E-state index in [9.17, 15) is 0 Å². The summed E-state index contributed by atoms with van der Waals surface area (Å²) in [6.07, 6.45) is 3.44. The fourth-order valence-corrected chi connectivity index (χ4v) is 2.04. The summed E-state index contributed by atoms with van der Waals surface area (Å²) in [6.45, 7) is 0.648. The first-order chi connectivity index (χ1) is 8.83. The van der Waals surface area contributed by atoms with Crippen molar-refractivity contribution in [3.63, 3.8) is 0 Å². The van der Waals surface area contributed by atoms with Crippen molar-refractivity contribution in [2.24, 2.45) is 0 Å². The van der Waals surface area contributed by atoms with Crippen molar-refractivity contribution >= 4 is 28.2 Å². The van der Waals surface area contributed by atoms with Gasteiger partial charge >= 0.3 is 0 Å². The lowest BCUT2D eigenvalue weighted by molar-refractivity contribution is 0.518. The van der Waals surface area contributed by atoms with E-state index in [0.29, 0.717) is 11.6 Å². The summed E-state index contributed by atoms with van der Waals surface area (Å²) >= 11 is 5.95. The molecular weight excluding hydrogens is 248 g/mol.